The molecule has 0 spiro atoms. The maximum Gasteiger partial charge on any atom is 0.335 e. The summed E-state index contributed by atoms with van der Waals surface area (Å²) in [6.07, 6.45) is 0.703. The average molecular weight is 390 g/mol. The van der Waals surface area contributed by atoms with E-state index < -0.39 is 23.4 Å². The average Bonchev–Trinajstić information content (AvgIpc) is 3.05. The summed E-state index contributed by atoms with van der Waals surface area (Å²) >= 11 is 1.26. The summed E-state index contributed by atoms with van der Waals surface area (Å²) in [7, 11) is 0. The van der Waals surface area contributed by atoms with E-state index in [1.54, 1.807) is 13.8 Å². The molecule has 2 heterocycles. The minimum atomic E-state index is -1.18. The van der Waals surface area contributed by atoms with E-state index in [-0.39, 0.29) is 17.8 Å². The number of aromatic carboxylic acids is 1. The number of amides is 2. The van der Waals surface area contributed by atoms with Crippen LogP contribution in [0.2, 0.25) is 0 Å². The highest BCUT2D eigenvalue weighted by atomic mass is 32.1. The van der Waals surface area contributed by atoms with E-state index in [0.717, 1.165) is 5.01 Å². The molecule has 0 saturated carbocycles. The van der Waals surface area contributed by atoms with Crippen LogP contribution in [0.5, 0.6) is 5.75 Å². The van der Waals surface area contributed by atoms with Gasteiger partial charge in [0.25, 0.3) is 5.91 Å². The summed E-state index contributed by atoms with van der Waals surface area (Å²) in [5.74, 6) is -1.72. The van der Waals surface area contributed by atoms with Crippen molar-refractivity contribution >= 4 is 39.9 Å². The number of hydrogen-bond donors (Lipinski definition) is 2. The third-order valence-corrected chi connectivity index (χ3v) is 4.92. The van der Waals surface area contributed by atoms with E-state index in [1.165, 1.54) is 34.4 Å². The van der Waals surface area contributed by atoms with Gasteiger partial charge < -0.3 is 9.84 Å². The van der Waals surface area contributed by atoms with Gasteiger partial charge in [-0.15, -0.1) is 10.2 Å². The van der Waals surface area contributed by atoms with Gasteiger partial charge in [-0.2, -0.15) is 0 Å². The second-order valence-electron chi connectivity index (χ2n) is 6.39. The highest BCUT2D eigenvalue weighted by molar-refractivity contribution is 7.15. The molecule has 10 heteroatoms. The number of carbonyl (C=O) groups excluding carboxylic acids is 2. The standard InChI is InChI=1S/C17H18N4O5S/c1-4-13-19-20-16(27-13)18-12(22)8-21-10-7-9(14(23)24)5-6-11(10)26-17(2,3)15(21)25/h5-7H,4,8H2,1-3H3,(H,23,24)(H,18,20,22). The van der Waals surface area contributed by atoms with Crippen LogP contribution >= 0.6 is 11.3 Å². The van der Waals surface area contributed by atoms with E-state index in [4.69, 9.17) is 4.74 Å². The Morgan fingerprint density at radius 3 is 2.70 bits per heavy atom. The van der Waals surface area contributed by atoms with Crippen LogP contribution in [0.1, 0.15) is 36.1 Å². The fraction of sp³-hybridized carbons (Fsp3) is 0.353. The summed E-state index contributed by atoms with van der Waals surface area (Å²) in [4.78, 5) is 37.7. The summed E-state index contributed by atoms with van der Waals surface area (Å²) in [5, 5.41) is 20.8. The molecule has 0 saturated heterocycles. The van der Waals surface area contributed by atoms with Gasteiger partial charge >= 0.3 is 5.97 Å². The SMILES string of the molecule is CCc1nnc(NC(=O)CN2C(=O)C(C)(C)Oc3ccc(C(=O)O)cc32)s1. The predicted octanol–water partition coefficient (Wildman–Crippen LogP) is 1.94. The molecule has 1 aliphatic rings. The molecular formula is C17H18N4O5S. The van der Waals surface area contributed by atoms with Crippen molar-refractivity contribution in [2.24, 2.45) is 0 Å². The topological polar surface area (TPSA) is 122 Å². The fourth-order valence-electron chi connectivity index (χ4n) is 2.61. The predicted molar refractivity (Wildman–Crippen MR) is 98.4 cm³/mol. The number of rotatable bonds is 5. The number of aromatic nitrogens is 2. The molecule has 0 atom stereocenters. The lowest BCUT2D eigenvalue weighted by molar-refractivity contribution is -0.133. The Morgan fingerprint density at radius 1 is 1.33 bits per heavy atom. The van der Waals surface area contributed by atoms with Gasteiger partial charge in [-0.3, -0.25) is 19.8 Å². The highest BCUT2D eigenvalue weighted by Crippen LogP contribution is 2.38. The normalized spacial score (nSPS) is 15.1. The van der Waals surface area contributed by atoms with Crippen molar-refractivity contribution in [2.45, 2.75) is 32.8 Å². The molecule has 0 bridgehead atoms. The molecule has 2 aromatic rings. The van der Waals surface area contributed by atoms with Gasteiger partial charge in [0.2, 0.25) is 11.0 Å². The molecule has 0 fully saturated rings. The first kappa shape index (κ1) is 18.8. The van der Waals surface area contributed by atoms with Crippen molar-refractivity contribution in [1.29, 1.82) is 0 Å². The minimum absolute atomic E-state index is 0.00743. The van der Waals surface area contributed by atoms with Gasteiger partial charge in [-0.25, -0.2) is 4.79 Å². The molecule has 3 rings (SSSR count). The first-order valence-corrected chi connectivity index (χ1v) is 9.03. The third-order valence-electron chi connectivity index (χ3n) is 3.94. The Morgan fingerprint density at radius 2 is 2.07 bits per heavy atom. The minimum Gasteiger partial charge on any atom is -0.478 e. The smallest absolute Gasteiger partial charge is 0.335 e. The summed E-state index contributed by atoms with van der Waals surface area (Å²) in [6, 6.07) is 4.19. The quantitative estimate of drug-likeness (QED) is 0.800. The van der Waals surface area contributed by atoms with Gasteiger partial charge in [0.1, 0.15) is 17.3 Å². The van der Waals surface area contributed by atoms with Crippen LogP contribution in [0.15, 0.2) is 18.2 Å². The third kappa shape index (κ3) is 3.75. The number of nitrogens with zero attached hydrogens (tertiary/aromatic N) is 3. The molecule has 0 aliphatic carbocycles. The molecule has 142 valence electrons. The first-order valence-electron chi connectivity index (χ1n) is 8.22. The van der Waals surface area contributed by atoms with Crippen LogP contribution in [0, 0.1) is 0 Å². The van der Waals surface area contributed by atoms with Crippen LogP contribution < -0.4 is 15.0 Å². The second kappa shape index (κ2) is 6.95. The molecule has 0 unspecified atom stereocenters. The number of anilines is 2. The zero-order valence-corrected chi connectivity index (χ0v) is 15.8. The zero-order valence-electron chi connectivity index (χ0n) is 15.0. The highest BCUT2D eigenvalue weighted by Gasteiger charge is 2.42. The number of benzene rings is 1. The Bertz CT molecular complexity index is 924. The van der Waals surface area contributed by atoms with Gasteiger partial charge in [0, 0.05) is 0 Å². The molecule has 9 nitrogen and oxygen atoms in total. The number of aryl methyl sites for hydroxylation is 1. The van der Waals surface area contributed by atoms with Crippen LogP contribution in [0.3, 0.4) is 0 Å². The molecule has 1 aromatic heterocycles. The van der Waals surface area contributed by atoms with Gasteiger partial charge in [-0.1, -0.05) is 18.3 Å². The van der Waals surface area contributed by atoms with Crippen molar-refractivity contribution in [3.8, 4) is 5.75 Å². The van der Waals surface area contributed by atoms with Crippen LogP contribution in [-0.2, 0) is 16.0 Å². The Labute approximate surface area is 159 Å². The number of hydrogen-bond acceptors (Lipinski definition) is 7. The van der Waals surface area contributed by atoms with E-state index >= 15 is 0 Å². The molecule has 2 amide bonds. The Hall–Kier alpha value is -3.01. The van der Waals surface area contributed by atoms with Crippen LogP contribution in [-0.4, -0.2) is 45.2 Å². The van der Waals surface area contributed by atoms with E-state index in [9.17, 15) is 19.5 Å². The van der Waals surface area contributed by atoms with Crippen LogP contribution in [0.25, 0.3) is 0 Å². The summed E-state index contributed by atoms with van der Waals surface area (Å²) in [6.45, 7) is 4.80. The number of carbonyl (C=O) groups is 3. The number of carboxylic acid groups (broad SMARTS) is 1. The molecule has 27 heavy (non-hydrogen) atoms. The molecule has 0 radical (unpaired) electrons. The molecule has 1 aromatic carbocycles. The Balaban J connectivity index is 1.88. The van der Waals surface area contributed by atoms with E-state index in [1.807, 2.05) is 6.92 Å². The van der Waals surface area contributed by atoms with Gasteiger partial charge in [0.15, 0.2) is 5.60 Å². The zero-order chi connectivity index (χ0) is 19.8. The fourth-order valence-corrected chi connectivity index (χ4v) is 3.30. The summed E-state index contributed by atoms with van der Waals surface area (Å²) in [5.41, 5.74) is -0.955. The molecule has 1 aliphatic heterocycles. The summed E-state index contributed by atoms with van der Waals surface area (Å²) < 4.78 is 5.68. The van der Waals surface area contributed by atoms with E-state index in [0.29, 0.717) is 17.3 Å². The van der Waals surface area contributed by atoms with Crippen molar-refractivity contribution in [3.05, 3.63) is 28.8 Å². The molecule has 2 N–H and O–H groups in total. The number of ether oxygens (including phenoxy) is 1. The lowest BCUT2D eigenvalue weighted by Gasteiger charge is -2.38. The van der Waals surface area contributed by atoms with E-state index in [2.05, 4.69) is 15.5 Å². The monoisotopic (exact) mass is 390 g/mol. The Kier molecular flexibility index (Phi) is 4.83. The van der Waals surface area contributed by atoms with Crippen molar-refractivity contribution < 1.29 is 24.2 Å². The lowest BCUT2D eigenvalue weighted by Crippen LogP contribution is -2.54. The number of carboxylic acids is 1. The second-order valence-corrected chi connectivity index (χ2v) is 7.46. The number of nitrogens with one attached hydrogen (secondary N) is 1. The maximum atomic E-state index is 12.8. The maximum absolute atomic E-state index is 12.8. The van der Waals surface area contributed by atoms with Crippen molar-refractivity contribution in [2.75, 3.05) is 16.8 Å². The van der Waals surface area contributed by atoms with Crippen LogP contribution in [0.4, 0.5) is 10.8 Å². The largest absolute Gasteiger partial charge is 0.478 e. The van der Waals surface area contributed by atoms with Gasteiger partial charge in [0.05, 0.1) is 11.3 Å². The van der Waals surface area contributed by atoms with Crippen molar-refractivity contribution in [1.82, 2.24) is 10.2 Å². The van der Waals surface area contributed by atoms with Gasteiger partial charge in [-0.05, 0) is 38.5 Å². The molecular weight excluding hydrogens is 372 g/mol. The first-order chi connectivity index (χ1) is 12.7. The number of fused-ring (bicyclic) bond motifs is 1. The van der Waals surface area contributed by atoms with Crippen molar-refractivity contribution in [3.63, 3.8) is 0 Å². The lowest BCUT2D eigenvalue weighted by atomic mass is 10.0.